The van der Waals surface area contributed by atoms with E-state index in [0.29, 0.717) is 12.0 Å². The molecule has 0 amide bonds. The van der Waals surface area contributed by atoms with Crippen molar-refractivity contribution in [2.24, 2.45) is 0 Å². The number of aliphatic hydroxyl groups excluding tert-OH is 1. The van der Waals surface area contributed by atoms with Gasteiger partial charge in [-0.15, -0.1) is 0 Å². The SMILES string of the molecule is CC(O)CCN(C)CCc1ccccc1C(=O)O. The Hall–Kier alpha value is -1.39. The number of hydrogen-bond donors (Lipinski definition) is 2. The van der Waals surface area contributed by atoms with Gasteiger partial charge < -0.3 is 15.1 Å². The highest BCUT2D eigenvalue weighted by atomic mass is 16.4. The highest BCUT2D eigenvalue weighted by molar-refractivity contribution is 5.89. The second-order valence-corrected chi connectivity index (χ2v) is 4.65. The van der Waals surface area contributed by atoms with Crippen LogP contribution in [0, 0.1) is 0 Å². The van der Waals surface area contributed by atoms with Crippen LogP contribution >= 0.6 is 0 Å². The average Bonchev–Trinajstić information content (AvgIpc) is 2.34. The zero-order chi connectivity index (χ0) is 13.5. The number of carboxylic acid groups (broad SMARTS) is 1. The van der Waals surface area contributed by atoms with Gasteiger partial charge in [0.05, 0.1) is 11.7 Å². The molecule has 0 aromatic heterocycles. The number of aromatic carboxylic acids is 1. The van der Waals surface area contributed by atoms with E-state index < -0.39 is 5.97 Å². The Balaban J connectivity index is 2.50. The van der Waals surface area contributed by atoms with Gasteiger partial charge in [0.15, 0.2) is 0 Å². The van der Waals surface area contributed by atoms with Crippen molar-refractivity contribution in [2.45, 2.75) is 25.9 Å². The lowest BCUT2D eigenvalue weighted by molar-refractivity contribution is 0.0695. The summed E-state index contributed by atoms with van der Waals surface area (Å²) in [6, 6.07) is 7.08. The molecule has 0 spiro atoms. The van der Waals surface area contributed by atoms with Gasteiger partial charge in [-0.1, -0.05) is 18.2 Å². The maximum Gasteiger partial charge on any atom is 0.335 e. The molecule has 0 fully saturated rings. The van der Waals surface area contributed by atoms with Gasteiger partial charge in [-0.3, -0.25) is 0 Å². The van der Waals surface area contributed by atoms with Crippen LogP contribution in [0.25, 0.3) is 0 Å². The van der Waals surface area contributed by atoms with Gasteiger partial charge in [0, 0.05) is 13.1 Å². The lowest BCUT2D eigenvalue weighted by atomic mass is 10.0. The molecule has 2 N–H and O–H groups in total. The summed E-state index contributed by atoms with van der Waals surface area (Å²) in [6.45, 7) is 3.37. The van der Waals surface area contributed by atoms with E-state index in [1.807, 2.05) is 19.2 Å². The van der Waals surface area contributed by atoms with Crippen molar-refractivity contribution in [1.82, 2.24) is 4.90 Å². The number of benzene rings is 1. The van der Waals surface area contributed by atoms with Crippen molar-refractivity contribution < 1.29 is 15.0 Å². The van der Waals surface area contributed by atoms with Crippen molar-refractivity contribution in [2.75, 3.05) is 20.1 Å². The van der Waals surface area contributed by atoms with E-state index >= 15 is 0 Å². The molecular formula is C14H21NO3. The molecule has 1 rings (SSSR count). The summed E-state index contributed by atoms with van der Waals surface area (Å²) in [5, 5.41) is 18.3. The van der Waals surface area contributed by atoms with Gasteiger partial charge in [0.2, 0.25) is 0 Å². The van der Waals surface area contributed by atoms with Crippen molar-refractivity contribution >= 4 is 5.97 Å². The molecule has 1 aromatic carbocycles. The van der Waals surface area contributed by atoms with Crippen LogP contribution < -0.4 is 0 Å². The molecule has 0 aliphatic rings. The van der Waals surface area contributed by atoms with Gasteiger partial charge in [0.25, 0.3) is 0 Å². The third kappa shape index (κ3) is 4.85. The maximum absolute atomic E-state index is 11.0. The monoisotopic (exact) mass is 251 g/mol. The minimum atomic E-state index is -0.878. The molecule has 0 heterocycles. The second kappa shape index (κ2) is 7.13. The van der Waals surface area contributed by atoms with Gasteiger partial charge in [-0.05, 0) is 38.4 Å². The Morgan fingerprint density at radius 2 is 2.00 bits per heavy atom. The third-order valence-corrected chi connectivity index (χ3v) is 2.94. The van der Waals surface area contributed by atoms with Crippen LogP contribution in [0.3, 0.4) is 0 Å². The van der Waals surface area contributed by atoms with Crippen LogP contribution in [0.5, 0.6) is 0 Å². The molecule has 18 heavy (non-hydrogen) atoms. The standard InChI is InChI=1S/C14H21NO3/c1-11(16)7-9-15(2)10-8-12-5-3-4-6-13(12)14(17)18/h3-6,11,16H,7-10H2,1-2H3,(H,17,18). The summed E-state index contributed by atoms with van der Waals surface area (Å²) in [5.74, 6) is -0.878. The van der Waals surface area contributed by atoms with E-state index in [2.05, 4.69) is 4.90 Å². The van der Waals surface area contributed by atoms with Crippen LogP contribution in [-0.4, -0.2) is 47.3 Å². The molecule has 0 saturated heterocycles. The highest BCUT2D eigenvalue weighted by Crippen LogP contribution is 2.10. The normalized spacial score (nSPS) is 12.7. The van der Waals surface area contributed by atoms with Crippen molar-refractivity contribution in [3.05, 3.63) is 35.4 Å². The fourth-order valence-corrected chi connectivity index (χ4v) is 1.78. The van der Waals surface area contributed by atoms with Gasteiger partial charge in [-0.2, -0.15) is 0 Å². The maximum atomic E-state index is 11.0. The number of rotatable bonds is 7. The topological polar surface area (TPSA) is 60.8 Å². The molecule has 1 atom stereocenters. The first-order chi connectivity index (χ1) is 8.50. The number of aliphatic hydroxyl groups is 1. The first kappa shape index (κ1) is 14.7. The van der Waals surface area contributed by atoms with E-state index in [1.165, 1.54) is 0 Å². The number of nitrogens with zero attached hydrogens (tertiary/aromatic N) is 1. The van der Waals surface area contributed by atoms with Crippen molar-refractivity contribution in [3.8, 4) is 0 Å². The van der Waals surface area contributed by atoms with Gasteiger partial charge >= 0.3 is 5.97 Å². The van der Waals surface area contributed by atoms with Crippen LogP contribution in [0.1, 0.15) is 29.3 Å². The van der Waals surface area contributed by atoms with Crippen LogP contribution in [0.15, 0.2) is 24.3 Å². The summed E-state index contributed by atoms with van der Waals surface area (Å²) >= 11 is 0. The molecule has 4 nitrogen and oxygen atoms in total. The lowest BCUT2D eigenvalue weighted by Crippen LogP contribution is -2.25. The first-order valence-electron chi connectivity index (χ1n) is 6.18. The molecule has 0 bridgehead atoms. The number of carboxylic acids is 1. The molecule has 100 valence electrons. The fraction of sp³-hybridized carbons (Fsp3) is 0.500. The van der Waals surface area contributed by atoms with Gasteiger partial charge in [-0.25, -0.2) is 4.79 Å². The second-order valence-electron chi connectivity index (χ2n) is 4.65. The lowest BCUT2D eigenvalue weighted by Gasteiger charge is -2.17. The Morgan fingerprint density at radius 3 is 2.61 bits per heavy atom. The van der Waals surface area contributed by atoms with Gasteiger partial charge in [0.1, 0.15) is 0 Å². The Kier molecular flexibility index (Phi) is 5.82. The summed E-state index contributed by atoms with van der Waals surface area (Å²) in [5.41, 5.74) is 1.23. The average molecular weight is 251 g/mol. The zero-order valence-electron chi connectivity index (χ0n) is 11.0. The van der Waals surface area contributed by atoms with E-state index in [-0.39, 0.29) is 6.10 Å². The molecule has 0 aliphatic heterocycles. The summed E-state index contributed by atoms with van der Waals surface area (Å²) in [4.78, 5) is 13.1. The Labute approximate surface area is 108 Å². The van der Waals surface area contributed by atoms with E-state index in [4.69, 9.17) is 5.11 Å². The molecule has 0 radical (unpaired) electrons. The summed E-state index contributed by atoms with van der Waals surface area (Å²) in [6.07, 6.45) is 1.15. The Morgan fingerprint density at radius 1 is 1.33 bits per heavy atom. The van der Waals surface area contributed by atoms with Crippen LogP contribution in [-0.2, 0) is 6.42 Å². The number of carbonyl (C=O) groups is 1. The van der Waals surface area contributed by atoms with Crippen molar-refractivity contribution in [3.63, 3.8) is 0 Å². The van der Waals surface area contributed by atoms with Crippen LogP contribution in [0.4, 0.5) is 0 Å². The summed E-state index contributed by atoms with van der Waals surface area (Å²) in [7, 11) is 1.98. The molecule has 4 heteroatoms. The highest BCUT2D eigenvalue weighted by Gasteiger charge is 2.09. The minimum Gasteiger partial charge on any atom is -0.478 e. The molecule has 1 unspecified atom stereocenters. The van der Waals surface area contributed by atoms with E-state index in [1.54, 1.807) is 19.1 Å². The smallest absolute Gasteiger partial charge is 0.335 e. The third-order valence-electron chi connectivity index (χ3n) is 2.94. The largest absolute Gasteiger partial charge is 0.478 e. The summed E-state index contributed by atoms with van der Waals surface area (Å²) < 4.78 is 0. The Bertz CT molecular complexity index is 390. The predicted molar refractivity (Wildman–Crippen MR) is 70.9 cm³/mol. The molecule has 0 aliphatic carbocycles. The quantitative estimate of drug-likeness (QED) is 0.773. The molecule has 0 saturated carbocycles. The number of likely N-dealkylation sites (N-methyl/N-ethyl adjacent to an activating group) is 1. The predicted octanol–water partition coefficient (Wildman–Crippen LogP) is 1.63. The minimum absolute atomic E-state index is 0.293. The number of hydrogen-bond acceptors (Lipinski definition) is 3. The first-order valence-corrected chi connectivity index (χ1v) is 6.18. The van der Waals surface area contributed by atoms with Crippen LogP contribution in [0.2, 0.25) is 0 Å². The van der Waals surface area contributed by atoms with E-state index in [9.17, 15) is 9.90 Å². The fourth-order valence-electron chi connectivity index (χ4n) is 1.78. The van der Waals surface area contributed by atoms with Crippen molar-refractivity contribution in [1.29, 1.82) is 0 Å². The molecular weight excluding hydrogens is 230 g/mol. The zero-order valence-corrected chi connectivity index (χ0v) is 11.0. The van der Waals surface area contributed by atoms with E-state index in [0.717, 1.165) is 25.1 Å². The molecule has 1 aromatic rings.